The van der Waals surface area contributed by atoms with E-state index in [4.69, 9.17) is 10.3 Å². The standard InChI is InChI=1S/C6H8N2O/c7-5-1-4-3-8-9-6(4)2-5/h3,5H,1-2,7H2. The van der Waals surface area contributed by atoms with Crippen molar-refractivity contribution in [1.82, 2.24) is 5.16 Å². The van der Waals surface area contributed by atoms with Crippen molar-refractivity contribution in [3.05, 3.63) is 17.5 Å². The summed E-state index contributed by atoms with van der Waals surface area (Å²) in [6.45, 7) is 0. The quantitative estimate of drug-likeness (QED) is 0.533. The summed E-state index contributed by atoms with van der Waals surface area (Å²) < 4.78 is 4.92. The summed E-state index contributed by atoms with van der Waals surface area (Å²) in [5.41, 5.74) is 6.82. The van der Waals surface area contributed by atoms with E-state index in [1.165, 1.54) is 5.56 Å². The fraction of sp³-hybridized carbons (Fsp3) is 0.500. The number of rotatable bonds is 0. The van der Waals surface area contributed by atoms with Crippen LogP contribution in [0.4, 0.5) is 0 Å². The lowest BCUT2D eigenvalue weighted by Crippen LogP contribution is -2.19. The second kappa shape index (κ2) is 1.57. The van der Waals surface area contributed by atoms with Crippen LogP contribution in [0.3, 0.4) is 0 Å². The van der Waals surface area contributed by atoms with Crippen LogP contribution in [0.2, 0.25) is 0 Å². The second-order valence-electron chi connectivity index (χ2n) is 2.44. The van der Waals surface area contributed by atoms with Gasteiger partial charge in [0.25, 0.3) is 0 Å². The van der Waals surface area contributed by atoms with Crippen LogP contribution in [-0.4, -0.2) is 11.2 Å². The molecule has 0 saturated heterocycles. The number of nitrogens with two attached hydrogens (primary N) is 1. The van der Waals surface area contributed by atoms with E-state index in [1.54, 1.807) is 6.20 Å². The molecule has 1 heterocycles. The van der Waals surface area contributed by atoms with Gasteiger partial charge in [0.1, 0.15) is 5.76 Å². The van der Waals surface area contributed by atoms with Crippen LogP contribution >= 0.6 is 0 Å². The summed E-state index contributed by atoms with van der Waals surface area (Å²) in [6, 6.07) is 0.266. The predicted octanol–water partition coefficient (Wildman–Crippen LogP) is 0.100. The van der Waals surface area contributed by atoms with Crippen molar-refractivity contribution in [3.8, 4) is 0 Å². The van der Waals surface area contributed by atoms with Crippen molar-refractivity contribution in [3.63, 3.8) is 0 Å². The highest BCUT2D eigenvalue weighted by Crippen LogP contribution is 2.19. The molecule has 1 aromatic rings. The average molecular weight is 124 g/mol. The summed E-state index contributed by atoms with van der Waals surface area (Å²) in [5, 5.41) is 3.65. The summed E-state index contributed by atoms with van der Waals surface area (Å²) >= 11 is 0. The number of nitrogens with zero attached hydrogens (tertiary/aromatic N) is 1. The first-order valence-corrected chi connectivity index (χ1v) is 3.04. The molecule has 2 rings (SSSR count). The SMILES string of the molecule is NC1Cc2cnoc2C1. The van der Waals surface area contributed by atoms with Gasteiger partial charge in [-0.3, -0.25) is 0 Å². The fourth-order valence-electron chi connectivity index (χ4n) is 1.21. The molecule has 0 saturated carbocycles. The molecule has 0 aliphatic heterocycles. The molecule has 1 aliphatic rings. The first kappa shape index (κ1) is 4.99. The lowest BCUT2D eigenvalue weighted by Gasteiger charge is -1.94. The van der Waals surface area contributed by atoms with Crippen LogP contribution in [0, 0.1) is 0 Å². The highest BCUT2D eigenvalue weighted by Gasteiger charge is 2.21. The molecule has 0 radical (unpaired) electrons. The Morgan fingerprint density at radius 3 is 3.33 bits per heavy atom. The summed E-state index contributed by atoms with van der Waals surface area (Å²) in [7, 11) is 0. The van der Waals surface area contributed by atoms with Crippen LogP contribution in [0.1, 0.15) is 11.3 Å². The van der Waals surface area contributed by atoms with Gasteiger partial charge in [0.2, 0.25) is 0 Å². The smallest absolute Gasteiger partial charge is 0.141 e. The van der Waals surface area contributed by atoms with Gasteiger partial charge in [-0.2, -0.15) is 0 Å². The van der Waals surface area contributed by atoms with Gasteiger partial charge in [-0.15, -0.1) is 0 Å². The second-order valence-corrected chi connectivity index (χ2v) is 2.44. The van der Waals surface area contributed by atoms with E-state index >= 15 is 0 Å². The third-order valence-electron chi connectivity index (χ3n) is 1.66. The molecular formula is C6H8N2O. The number of aromatic nitrogens is 1. The molecule has 2 N–H and O–H groups in total. The fourth-order valence-corrected chi connectivity index (χ4v) is 1.21. The van der Waals surface area contributed by atoms with E-state index in [0.717, 1.165) is 18.6 Å². The van der Waals surface area contributed by atoms with E-state index in [-0.39, 0.29) is 6.04 Å². The minimum absolute atomic E-state index is 0.266. The minimum Gasteiger partial charge on any atom is -0.361 e. The van der Waals surface area contributed by atoms with Gasteiger partial charge < -0.3 is 10.3 Å². The molecule has 1 aromatic heterocycles. The third-order valence-corrected chi connectivity index (χ3v) is 1.66. The van der Waals surface area contributed by atoms with Gasteiger partial charge in [-0.25, -0.2) is 0 Å². The number of fused-ring (bicyclic) bond motifs is 1. The van der Waals surface area contributed by atoms with Gasteiger partial charge in [0.15, 0.2) is 0 Å². The van der Waals surface area contributed by atoms with E-state index in [2.05, 4.69) is 5.16 Å². The van der Waals surface area contributed by atoms with Gasteiger partial charge in [-0.1, -0.05) is 5.16 Å². The molecule has 9 heavy (non-hydrogen) atoms. The largest absolute Gasteiger partial charge is 0.361 e. The zero-order valence-corrected chi connectivity index (χ0v) is 5.00. The number of hydrogen-bond acceptors (Lipinski definition) is 3. The lowest BCUT2D eigenvalue weighted by atomic mass is 10.2. The molecular weight excluding hydrogens is 116 g/mol. The molecule has 1 aliphatic carbocycles. The van der Waals surface area contributed by atoms with Crippen molar-refractivity contribution in [2.75, 3.05) is 0 Å². The van der Waals surface area contributed by atoms with E-state index in [0.29, 0.717) is 0 Å². The van der Waals surface area contributed by atoms with Crippen molar-refractivity contribution in [1.29, 1.82) is 0 Å². The first-order chi connectivity index (χ1) is 4.36. The topological polar surface area (TPSA) is 52.0 Å². The Balaban J connectivity index is 2.39. The average Bonchev–Trinajstić information content (AvgIpc) is 2.22. The maximum atomic E-state index is 5.64. The van der Waals surface area contributed by atoms with Gasteiger partial charge in [0.05, 0.1) is 6.20 Å². The van der Waals surface area contributed by atoms with E-state index in [9.17, 15) is 0 Å². The third kappa shape index (κ3) is 0.650. The molecule has 3 nitrogen and oxygen atoms in total. The van der Waals surface area contributed by atoms with Crippen molar-refractivity contribution < 1.29 is 4.52 Å². The Hall–Kier alpha value is -0.830. The summed E-state index contributed by atoms with van der Waals surface area (Å²) in [6.07, 6.45) is 3.54. The highest BCUT2D eigenvalue weighted by molar-refractivity contribution is 5.21. The molecule has 3 heteroatoms. The Kier molecular flexibility index (Phi) is 0.873. The molecule has 1 unspecified atom stereocenters. The number of hydrogen-bond donors (Lipinski definition) is 1. The molecule has 1 atom stereocenters. The van der Waals surface area contributed by atoms with Crippen LogP contribution in [0.25, 0.3) is 0 Å². The maximum Gasteiger partial charge on any atom is 0.141 e. The minimum atomic E-state index is 0.266. The highest BCUT2D eigenvalue weighted by atomic mass is 16.5. The molecule has 0 spiro atoms. The van der Waals surface area contributed by atoms with Gasteiger partial charge in [0, 0.05) is 18.0 Å². The van der Waals surface area contributed by atoms with Crippen LogP contribution in [0.5, 0.6) is 0 Å². The molecule has 0 bridgehead atoms. The van der Waals surface area contributed by atoms with Crippen molar-refractivity contribution in [2.45, 2.75) is 18.9 Å². The zero-order chi connectivity index (χ0) is 6.27. The van der Waals surface area contributed by atoms with Gasteiger partial charge in [-0.05, 0) is 6.42 Å². The summed E-state index contributed by atoms with van der Waals surface area (Å²) in [5.74, 6) is 0.975. The molecule has 0 aromatic carbocycles. The molecule has 48 valence electrons. The monoisotopic (exact) mass is 124 g/mol. The molecule has 0 amide bonds. The van der Waals surface area contributed by atoms with Crippen molar-refractivity contribution >= 4 is 0 Å². The van der Waals surface area contributed by atoms with Gasteiger partial charge >= 0.3 is 0 Å². The van der Waals surface area contributed by atoms with Crippen molar-refractivity contribution in [2.24, 2.45) is 5.73 Å². The van der Waals surface area contributed by atoms with E-state index < -0.39 is 0 Å². The van der Waals surface area contributed by atoms with Crippen LogP contribution < -0.4 is 5.73 Å². The predicted molar refractivity (Wildman–Crippen MR) is 31.9 cm³/mol. The van der Waals surface area contributed by atoms with Crippen LogP contribution in [-0.2, 0) is 12.8 Å². The lowest BCUT2D eigenvalue weighted by molar-refractivity contribution is 0.382. The maximum absolute atomic E-state index is 5.64. The normalized spacial score (nSPS) is 24.3. The Bertz CT molecular complexity index is 198. The van der Waals surface area contributed by atoms with E-state index in [1.807, 2.05) is 0 Å². The summed E-state index contributed by atoms with van der Waals surface area (Å²) in [4.78, 5) is 0. The Labute approximate surface area is 52.8 Å². The first-order valence-electron chi connectivity index (χ1n) is 3.04. The zero-order valence-electron chi connectivity index (χ0n) is 5.00. The molecule has 0 fully saturated rings. The van der Waals surface area contributed by atoms with Crippen LogP contribution in [0.15, 0.2) is 10.7 Å². The Morgan fingerprint density at radius 1 is 1.67 bits per heavy atom. The Morgan fingerprint density at radius 2 is 2.56 bits per heavy atom.